The molecule has 0 heterocycles. The second-order valence-electron chi connectivity index (χ2n) is 3.22. The Balaban J connectivity index is 4.43. The summed E-state index contributed by atoms with van der Waals surface area (Å²) in [6.07, 6.45) is 5.47. The van der Waals surface area contributed by atoms with Gasteiger partial charge in [-0.3, -0.25) is 0 Å². The number of halogens is 1. The van der Waals surface area contributed by atoms with E-state index in [0.717, 1.165) is 0 Å². The molecule has 0 atom stereocenters. The second-order valence-corrected chi connectivity index (χ2v) is 11.3. The van der Waals surface area contributed by atoms with Crippen LogP contribution >= 0.6 is 15.3 Å². The molecule has 0 N–H and O–H groups in total. The van der Waals surface area contributed by atoms with Crippen LogP contribution < -0.4 is 0 Å². The molecule has 2 heteroatoms. The van der Waals surface area contributed by atoms with Gasteiger partial charge in [0.1, 0.15) is 0 Å². The van der Waals surface area contributed by atoms with E-state index in [1.807, 2.05) is 0 Å². The Morgan fingerprint density at radius 3 is 1.50 bits per heavy atom. The van der Waals surface area contributed by atoms with E-state index >= 15 is 0 Å². The Labute approximate surface area is 73.0 Å². The zero-order valence-electron chi connectivity index (χ0n) is 7.11. The SMILES string of the molecule is C#C[Si](Br)(C(C)C)C(C)C. The first kappa shape index (κ1) is 10.3. The van der Waals surface area contributed by atoms with E-state index in [0.29, 0.717) is 11.1 Å². The van der Waals surface area contributed by atoms with Gasteiger partial charge in [-0.05, 0) is 11.1 Å². The fourth-order valence-electron chi connectivity index (χ4n) is 1.00. The van der Waals surface area contributed by atoms with E-state index in [1.54, 1.807) is 0 Å². The van der Waals surface area contributed by atoms with Gasteiger partial charge in [-0.25, -0.2) is 0 Å². The molecule has 0 aliphatic heterocycles. The molecular weight excluding hydrogens is 204 g/mol. The maximum Gasteiger partial charge on any atom is 0.213 e. The van der Waals surface area contributed by atoms with Crippen molar-refractivity contribution in [3.63, 3.8) is 0 Å². The quantitative estimate of drug-likeness (QED) is 0.379. The fourth-order valence-corrected chi connectivity index (χ4v) is 3.00. The molecule has 0 aromatic rings. The maximum absolute atomic E-state index is 5.47. The molecule has 0 aliphatic carbocycles. The van der Waals surface area contributed by atoms with Gasteiger partial charge < -0.3 is 0 Å². The Morgan fingerprint density at radius 1 is 1.20 bits per heavy atom. The van der Waals surface area contributed by atoms with Crippen molar-refractivity contribution in [2.75, 3.05) is 0 Å². The highest BCUT2D eigenvalue weighted by atomic mass is 79.9. The normalized spacial score (nSPS) is 12.2. The summed E-state index contributed by atoms with van der Waals surface area (Å²) in [4.78, 5) is 0. The fraction of sp³-hybridized carbons (Fsp3) is 0.750. The molecule has 0 nitrogen and oxygen atoms in total. The van der Waals surface area contributed by atoms with Crippen molar-refractivity contribution in [1.29, 1.82) is 0 Å². The first-order valence-corrected chi connectivity index (χ1v) is 8.03. The summed E-state index contributed by atoms with van der Waals surface area (Å²) in [6, 6.07) is 0. The van der Waals surface area contributed by atoms with Crippen molar-refractivity contribution in [2.45, 2.75) is 38.8 Å². The second kappa shape index (κ2) is 3.59. The number of hydrogen-bond acceptors (Lipinski definition) is 0. The molecule has 10 heavy (non-hydrogen) atoms. The zero-order valence-corrected chi connectivity index (χ0v) is 9.70. The summed E-state index contributed by atoms with van der Waals surface area (Å²) in [5.74, 6) is 0. The predicted octanol–water partition coefficient (Wildman–Crippen LogP) is 3.32. The molecule has 58 valence electrons. The predicted molar refractivity (Wildman–Crippen MR) is 53.7 cm³/mol. The lowest BCUT2D eigenvalue weighted by atomic mass is 10.5. The van der Waals surface area contributed by atoms with Gasteiger partial charge in [-0.1, -0.05) is 27.7 Å². The van der Waals surface area contributed by atoms with Crippen LogP contribution in [0.3, 0.4) is 0 Å². The summed E-state index contributed by atoms with van der Waals surface area (Å²) < 4.78 is 0. The van der Waals surface area contributed by atoms with Crippen LogP contribution in [0.25, 0.3) is 0 Å². The van der Waals surface area contributed by atoms with Crippen molar-refractivity contribution in [2.24, 2.45) is 0 Å². The van der Waals surface area contributed by atoms with Crippen LogP contribution in [0.2, 0.25) is 11.1 Å². The van der Waals surface area contributed by atoms with Gasteiger partial charge in [-0.15, -0.1) is 27.3 Å². The van der Waals surface area contributed by atoms with Crippen molar-refractivity contribution in [3.8, 4) is 12.0 Å². The number of hydrogen-bond donors (Lipinski definition) is 0. The van der Waals surface area contributed by atoms with Gasteiger partial charge in [0.25, 0.3) is 0 Å². The first-order chi connectivity index (χ1) is 4.45. The van der Waals surface area contributed by atoms with Gasteiger partial charge in [0.2, 0.25) is 6.69 Å². The van der Waals surface area contributed by atoms with Crippen molar-refractivity contribution >= 4 is 22.0 Å². The van der Waals surface area contributed by atoms with Crippen LogP contribution in [0.5, 0.6) is 0 Å². The minimum Gasteiger partial charge on any atom is -0.126 e. The van der Waals surface area contributed by atoms with E-state index in [-0.39, 0.29) is 0 Å². The third-order valence-corrected chi connectivity index (χ3v) is 11.9. The summed E-state index contributed by atoms with van der Waals surface area (Å²) in [5.41, 5.74) is 4.18. The molecule has 0 aliphatic rings. The van der Waals surface area contributed by atoms with Gasteiger partial charge >= 0.3 is 0 Å². The van der Waals surface area contributed by atoms with Gasteiger partial charge in [0, 0.05) is 0 Å². The number of terminal acetylenes is 1. The number of rotatable bonds is 2. The molecule has 0 aromatic carbocycles. The third kappa shape index (κ3) is 1.87. The van der Waals surface area contributed by atoms with E-state index in [4.69, 9.17) is 6.42 Å². The summed E-state index contributed by atoms with van der Waals surface area (Å²) in [7, 11) is 0. The maximum atomic E-state index is 5.47. The molecule has 0 saturated carbocycles. The molecule has 0 fully saturated rings. The largest absolute Gasteiger partial charge is 0.213 e. The van der Waals surface area contributed by atoms with Gasteiger partial charge in [0.15, 0.2) is 0 Å². The smallest absolute Gasteiger partial charge is 0.126 e. The standard InChI is InChI=1S/C8H15BrSi/c1-6-10(9,7(2)3)8(4)5/h1,7-8H,2-5H3. The lowest BCUT2D eigenvalue weighted by Crippen LogP contribution is -2.32. The highest BCUT2D eigenvalue weighted by molar-refractivity contribution is 9.26. The Morgan fingerprint density at radius 2 is 1.50 bits per heavy atom. The Kier molecular flexibility index (Phi) is 3.68. The van der Waals surface area contributed by atoms with Crippen LogP contribution in [0.4, 0.5) is 0 Å². The lowest BCUT2D eigenvalue weighted by Gasteiger charge is -2.26. The van der Waals surface area contributed by atoms with Gasteiger partial charge in [-0.2, -0.15) is 0 Å². The molecule has 0 radical (unpaired) electrons. The molecule has 0 spiro atoms. The first-order valence-electron chi connectivity index (χ1n) is 3.61. The molecule has 0 rings (SSSR count). The molecule has 0 bridgehead atoms. The van der Waals surface area contributed by atoms with Crippen molar-refractivity contribution < 1.29 is 0 Å². The van der Waals surface area contributed by atoms with Crippen LogP contribution in [-0.4, -0.2) is 6.69 Å². The third-order valence-electron chi connectivity index (χ3n) is 1.90. The van der Waals surface area contributed by atoms with Gasteiger partial charge in [0.05, 0.1) is 0 Å². The molecule has 0 unspecified atom stereocenters. The zero-order chi connectivity index (χ0) is 8.36. The monoisotopic (exact) mass is 218 g/mol. The lowest BCUT2D eigenvalue weighted by molar-refractivity contribution is 0.947. The summed E-state index contributed by atoms with van der Waals surface area (Å²) in [5, 5.41) is 0. The highest BCUT2D eigenvalue weighted by Crippen LogP contribution is 2.36. The van der Waals surface area contributed by atoms with Crippen LogP contribution in [-0.2, 0) is 0 Å². The molecule has 0 aromatic heterocycles. The topological polar surface area (TPSA) is 0 Å². The highest BCUT2D eigenvalue weighted by Gasteiger charge is 2.35. The molecule has 0 saturated heterocycles. The summed E-state index contributed by atoms with van der Waals surface area (Å²) >= 11 is 3.72. The van der Waals surface area contributed by atoms with E-state index in [9.17, 15) is 0 Å². The Bertz CT molecular complexity index is 136. The van der Waals surface area contributed by atoms with E-state index in [1.165, 1.54) is 0 Å². The average Bonchev–Trinajstić information content (AvgIpc) is 1.85. The Hall–Kier alpha value is 0.257. The summed E-state index contributed by atoms with van der Waals surface area (Å²) in [6.45, 7) is 7.24. The minimum atomic E-state index is -1.54. The van der Waals surface area contributed by atoms with Crippen LogP contribution in [0.15, 0.2) is 0 Å². The molecular formula is C8H15BrSi. The molecule has 0 amide bonds. The minimum absolute atomic E-state index is 0.623. The van der Waals surface area contributed by atoms with Crippen LogP contribution in [0, 0.1) is 12.0 Å². The van der Waals surface area contributed by atoms with E-state index < -0.39 is 6.69 Å². The average molecular weight is 219 g/mol. The van der Waals surface area contributed by atoms with Crippen molar-refractivity contribution in [3.05, 3.63) is 0 Å². The van der Waals surface area contributed by atoms with Crippen molar-refractivity contribution in [1.82, 2.24) is 0 Å². The van der Waals surface area contributed by atoms with E-state index in [2.05, 4.69) is 48.5 Å². The van der Waals surface area contributed by atoms with Crippen LogP contribution in [0.1, 0.15) is 27.7 Å².